The van der Waals surface area contributed by atoms with Crippen LogP contribution in [0.15, 0.2) is 0 Å². The first kappa shape index (κ1) is 17.1. The van der Waals surface area contributed by atoms with E-state index in [0.29, 0.717) is 5.92 Å². The van der Waals surface area contributed by atoms with Crippen LogP contribution in [0, 0.1) is 5.92 Å². The molecule has 0 amide bonds. The first-order valence-corrected chi connectivity index (χ1v) is 8.23. The normalized spacial score (nSPS) is 12.6. The van der Waals surface area contributed by atoms with Crippen LogP contribution in [0.25, 0.3) is 0 Å². The van der Waals surface area contributed by atoms with Crippen LogP contribution in [-0.2, 0) is 0 Å². The van der Waals surface area contributed by atoms with E-state index in [2.05, 4.69) is 13.8 Å². The molecule has 1 unspecified atom stereocenters. The largest absolute Gasteiger partial charge is 0.0932 e. The molecule has 17 heavy (non-hydrogen) atoms. The number of rotatable bonds is 13. The average molecular weight is 256 g/mol. The van der Waals surface area contributed by atoms with E-state index in [1.807, 2.05) is 5.37 Å². The highest BCUT2D eigenvalue weighted by molar-refractivity contribution is 7.79. The van der Waals surface area contributed by atoms with Crippen molar-refractivity contribution in [1.29, 1.82) is 0 Å². The lowest BCUT2D eigenvalue weighted by Crippen LogP contribution is -1.93. The zero-order valence-electron chi connectivity index (χ0n) is 12.0. The SMILES string of the molecule is CCCCCCCCCCCCCC(C)C=S. The molecule has 0 fully saturated rings. The van der Waals surface area contributed by atoms with Gasteiger partial charge in [-0.3, -0.25) is 0 Å². The summed E-state index contributed by atoms with van der Waals surface area (Å²) in [5.74, 6) is 0.642. The minimum Gasteiger partial charge on any atom is -0.0932 e. The number of hydrogen-bond donors (Lipinski definition) is 0. The van der Waals surface area contributed by atoms with Crippen molar-refractivity contribution in [1.82, 2.24) is 0 Å². The van der Waals surface area contributed by atoms with Gasteiger partial charge in [-0.05, 0) is 17.7 Å². The Morgan fingerprint density at radius 3 is 1.59 bits per heavy atom. The quantitative estimate of drug-likeness (QED) is 0.274. The van der Waals surface area contributed by atoms with E-state index in [4.69, 9.17) is 12.2 Å². The molecule has 0 aliphatic carbocycles. The highest BCUT2D eigenvalue weighted by atomic mass is 32.1. The molecule has 1 heteroatoms. The summed E-state index contributed by atoms with van der Waals surface area (Å²) in [4.78, 5) is 0. The van der Waals surface area contributed by atoms with Crippen LogP contribution in [0.2, 0.25) is 0 Å². The predicted molar refractivity (Wildman–Crippen MR) is 83.9 cm³/mol. The van der Waals surface area contributed by atoms with Crippen molar-refractivity contribution >= 4 is 17.6 Å². The monoisotopic (exact) mass is 256 g/mol. The van der Waals surface area contributed by atoms with Crippen LogP contribution in [0.3, 0.4) is 0 Å². The Kier molecular flexibility index (Phi) is 14.2. The Morgan fingerprint density at radius 2 is 1.18 bits per heavy atom. The second-order valence-corrected chi connectivity index (χ2v) is 5.71. The molecule has 0 saturated carbocycles. The minimum absolute atomic E-state index is 0.642. The maximum Gasteiger partial charge on any atom is -0.0157 e. The fourth-order valence-corrected chi connectivity index (χ4v) is 2.33. The first-order valence-electron chi connectivity index (χ1n) is 7.76. The fraction of sp³-hybridized carbons (Fsp3) is 0.938. The van der Waals surface area contributed by atoms with Gasteiger partial charge >= 0.3 is 0 Å². The van der Waals surface area contributed by atoms with E-state index >= 15 is 0 Å². The molecule has 0 saturated heterocycles. The highest BCUT2D eigenvalue weighted by Gasteiger charge is 1.97. The lowest BCUT2D eigenvalue weighted by atomic mass is 10.0. The topological polar surface area (TPSA) is 0 Å². The molecule has 0 aromatic rings. The molecule has 0 radical (unpaired) electrons. The van der Waals surface area contributed by atoms with Crippen molar-refractivity contribution < 1.29 is 0 Å². The third-order valence-corrected chi connectivity index (χ3v) is 3.96. The van der Waals surface area contributed by atoms with E-state index in [9.17, 15) is 0 Å². The van der Waals surface area contributed by atoms with E-state index in [1.54, 1.807) is 0 Å². The third kappa shape index (κ3) is 14.0. The fourth-order valence-electron chi connectivity index (χ4n) is 2.20. The number of thiocarbonyl (C=S) groups is 1. The molecule has 1 atom stereocenters. The van der Waals surface area contributed by atoms with Crippen molar-refractivity contribution in [2.45, 2.75) is 90.9 Å². The zero-order chi connectivity index (χ0) is 12.8. The predicted octanol–water partition coefficient (Wildman–Crippen LogP) is 6.32. The summed E-state index contributed by atoms with van der Waals surface area (Å²) in [6.45, 7) is 4.51. The number of unbranched alkanes of at least 4 members (excludes halogenated alkanes) is 10. The van der Waals surface area contributed by atoms with Crippen LogP contribution in [0.4, 0.5) is 0 Å². The summed E-state index contributed by atoms with van der Waals surface area (Å²) < 4.78 is 0. The third-order valence-electron chi connectivity index (χ3n) is 3.50. The van der Waals surface area contributed by atoms with Gasteiger partial charge in [0, 0.05) is 0 Å². The van der Waals surface area contributed by atoms with Crippen LogP contribution < -0.4 is 0 Å². The summed E-state index contributed by atoms with van der Waals surface area (Å²) in [5, 5.41) is 1.91. The van der Waals surface area contributed by atoms with E-state index in [-0.39, 0.29) is 0 Å². The van der Waals surface area contributed by atoms with Crippen LogP contribution in [0.5, 0.6) is 0 Å². The van der Waals surface area contributed by atoms with Gasteiger partial charge in [-0.2, -0.15) is 0 Å². The van der Waals surface area contributed by atoms with Gasteiger partial charge in [-0.25, -0.2) is 0 Å². The first-order chi connectivity index (χ1) is 8.31. The van der Waals surface area contributed by atoms with E-state index in [0.717, 1.165) is 0 Å². The molecule has 0 rings (SSSR count). The molecule has 0 aliphatic rings. The molecule has 0 nitrogen and oxygen atoms in total. The molecule has 0 aliphatic heterocycles. The molecule has 0 N–H and O–H groups in total. The summed E-state index contributed by atoms with van der Waals surface area (Å²) in [5.41, 5.74) is 0. The van der Waals surface area contributed by atoms with Gasteiger partial charge < -0.3 is 0 Å². The van der Waals surface area contributed by atoms with Gasteiger partial charge in [0.2, 0.25) is 0 Å². The summed E-state index contributed by atoms with van der Waals surface area (Å²) in [7, 11) is 0. The maximum atomic E-state index is 4.93. The Bertz CT molecular complexity index is 154. The van der Waals surface area contributed by atoms with Crippen molar-refractivity contribution in [3.8, 4) is 0 Å². The molecule has 0 heterocycles. The molecule has 102 valence electrons. The van der Waals surface area contributed by atoms with Crippen LogP contribution in [0.1, 0.15) is 90.9 Å². The van der Waals surface area contributed by atoms with Crippen molar-refractivity contribution in [3.05, 3.63) is 0 Å². The van der Waals surface area contributed by atoms with Gasteiger partial charge in [-0.1, -0.05) is 96.7 Å². The smallest absolute Gasteiger partial charge is 0.0157 e. The Labute approximate surface area is 115 Å². The lowest BCUT2D eigenvalue weighted by molar-refractivity contribution is 0.533. The lowest BCUT2D eigenvalue weighted by Gasteiger charge is -2.04. The molecule has 0 bridgehead atoms. The van der Waals surface area contributed by atoms with Gasteiger partial charge in [0.1, 0.15) is 0 Å². The molecule has 0 aromatic carbocycles. The molecular formula is C16H32S. The Balaban J connectivity index is 2.96. The Hall–Kier alpha value is 0.0900. The highest BCUT2D eigenvalue weighted by Crippen LogP contribution is 2.13. The summed E-state index contributed by atoms with van der Waals surface area (Å²) in [6.07, 6.45) is 17.0. The summed E-state index contributed by atoms with van der Waals surface area (Å²) in [6, 6.07) is 0. The standard InChI is InChI=1S/C16H32S/c1-3-4-5-6-7-8-9-10-11-12-13-14-16(2)15-17/h15-16H,3-14H2,1-2H3. The van der Waals surface area contributed by atoms with Gasteiger partial charge in [0.15, 0.2) is 0 Å². The Morgan fingerprint density at radius 1 is 0.765 bits per heavy atom. The van der Waals surface area contributed by atoms with Crippen LogP contribution >= 0.6 is 12.2 Å². The second kappa shape index (κ2) is 14.2. The summed E-state index contributed by atoms with van der Waals surface area (Å²) >= 11 is 4.93. The zero-order valence-corrected chi connectivity index (χ0v) is 12.9. The van der Waals surface area contributed by atoms with Crippen molar-refractivity contribution in [2.75, 3.05) is 0 Å². The van der Waals surface area contributed by atoms with E-state index in [1.165, 1.54) is 77.0 Å². The molecule has 0 aromatic heterocycles. The molecular weight excluding hydrogens is 224 g/mol. The second-order valence-electron chi connectivity index (χ2n) is 5.44. The minimum atomic E-state index is 0.642. The van der Waals surface area contributed by atoms with Gasteiger partial charge in [-0.15, -0.1) is 0 Å². The van der Waals surface area contributed by atoms with Crippen molar-refractivity contribution in [2.24, 2.45) is 5.92 Å². The van der Waals surface area contributed by atoms with Gasteiger partial charge in [0.05, 0.1) is 0 Å². The van der Waals surface area contributed by atoms with Crippen molar-refractivity contribution in [3.63, 3.8) is 0 Å². The van der Waals surface area contributed by atoms with Gasteiger partial charge in [0.25, 0.3) is 0 Å². The van der Waals surface area contributed by atoms with Crippen LogP contribution in [-0.4, -0.2) is 5.37 Å². The maximum absolute atomic E-state index is 4.93. The van der Waals surface area contributed by atoms with E-state index < -0.39 is 0 Å². The molecule has 0 spiro atoms. The number of hydrogen-bond acceptors (Lipinski definition) is 1. The average Bonchev–Trinajstić information content (AvgIpc) is 2.35.